The average Bonchev–Trinajstić information content (AvgIpc) is 2.34. The van der Waals surface area contributed by atoms with E-state index in [4.69, 9.17) is 10.5 Å². The Morgan fingerprint density at radius 1 is 1.59 bits per heavy atom. The molecule has 1 saturated carbocycles. The third kappa shape index (κ3) is 3.66. The molecule has 1 aliphatic rings. The Kier molecular flexibility index (Phi) is 5.36. The van der Waals surface area contributed by atoms with Gasteiger partial charge in [-0.2, -0.15) is 0 Å². The molecule has 0 aromatic heterocycles. The van der Waals surface area contributed by atoms with Crippen LogP contribution in [0.25, 0.3) is 0 Å². The van der Waals surface area contributed by atoms with Crippen LogP contribution in [-0.4, -0.2) is 42.9 Å². The van der Waals surface area contributed by atoms with Crippen LogP contribution >= 0.6 is 0 Å². The first kappa shape index (κ1) is 14.4. The van der Waals surface area contributed by atoms with Crippen LogP contribution < -0.4 is 11.1 Å². The molecule has 1 unspecified atom stereocenters. The van der Waals surface area contributed by atoms with E-state index in [0.29, 0.717) is 5.92 Å². The smallest absolute Gasteiger partial charge is 0.250 e. The van der Waals surface area contributed by atoms with Crippen LogP contribution in [0, 0.1) is 5.92 Å². The van der Waals surface area contributed by atoms with E-state index < -0.39 is 11.6 Å². The molecule has 17 heavy (non-hydrogen) atoms. The highest BCUT2D eigenvalue weighted by Crippen LogP contribution is 2.31. The van der Waals surface area contributed by atoms with Crippen molar-refractivity contribution in [2.45, 2.75) is 44.2 Å². The van der Waals surface area contributed by atoms with Crippen molar-refractivity contribution < 1.29 is 14.6 Å². The minimum atomic E-state index is -0.627. The first-order chi connectivity index (χ1) is 8.06. The van der Waals surface area contributed by atoms with Crippen molar-refractivity contribution in [3.05, 3.63) is 0 Å². The second-order valence-corrected chi connectivity index (χ2v) is 5.07. The van der Waals surface area contributed by atoms with Crippen LogP contribution in [-0.2, 0) is 9.53 Å². The molecule has 0 saturated heterocycles. The molecule has 1 fully saturated rings. The fourth-order valence-electron chi connectivity index (χ4n) is 2.29. The molecule has 1 rings (SSSR count). The van der Waals surface area contributed by atoms with Crippen LogP contribution in [0.1, 0.15) is 32.6 Å². The minimum absolute atomic E-state index is 0.0214. The molecule has 5 heteroatoms. The van der Waals surface area contributed by atoms with E-state index in [1.165, 1.54) is 7.11 Å². The Labute approximate surface area is 103 Å². The van der Waals surface area contributed by atoms with Crippen molar-refractivity contribution in [1.82, 2.24) is 5.32 Å². The summed E-state index contributed by atoms with van der Waals surface area (Å²) in [6.45, 7) is 2.33. The third-order valence-corrected chi connectivity index (χ3v) is 3.71. The molecule has 1 aliphatic carbocycles. The van der Waals surface area contributed by atoms with Crippen LogP contribution in [0.5, 0.6) is 0 Å². The molecule has 0 aromatic carbocycles. The molecule has 0 heterocycles. The van der Waals surface area contributed by atoms with E-state index >= 15 is 0 Å². The number of rotatable bonds is 5. The lowest BCUT2D eigenvalue weighted by molar-refractivity contribution is -0.133. The molecule has 5 nitrogen and oxygen atoms in total. The number of nitrogens with one attached hydrogen (secondary N) is 1. The first-order valence-corrected chi connectivity index (χ1v) is 6.22. The Morgan fingerprint density at radius 3 is 2.59 bits per heavy atom. The van der Waals surface area contributed by atoms with Gasteiger partial charge >= 0.3 is 0 Å². The van der Waals surface area contributed by atoms with Crippen LogP contribution in [0.15, 0.2) is 0 Å². The minimum Gasteiger partial charge on any atom is -0.394 e. The predicted octanol–water partition coefficient (Wildman–Crippen LogP) is 0.0175. The number of hydrogen-bond donors (Lipinski definition) is 3. The van der Waals surface area contributed by atoms with E-state index in [9.17, 15) is 9.90 Å². The molecule has 1 atom stereocenters. The van der Waals surface area contributed by atoms with Gasteiger partial charge in [-0.15, -0.1) is 0 Å². The highest BCUT2D eigenvalue weighted by atomic mass is 16.5. The molecule has 100 valence electrons. The summed E-state index contributed by atoms with van der Waals surface area (Å²) in [6, 6.07) is 0. The number of aliphatic hydroxyl groups is 1. The van der Waals surface area contributed by atoms with Crippen molar-refractivity contribution in [3.63, 3.8) is 0 Å². The van der Waals surface area contributed by atoms with Gasteiger partial charge in [0.05, 0.1) is 12.1 Å². The number of carbonyl (C=O) groups excluding carboxylic acids is 1. The molecule has 0 aliphatic heterocycles. The SMILES string of the molecule is COC(CN)C(=O)NC1(CO)CCC(C)CC1. The molecule has 0 bridgehead atoms. The largest absolute Gasteiger partial charge is 0.394 e. The van der Waals surface area contributed by atoms with Gasteiger partial charge in [0.25, 0.3) is 5.91 Å². The second-order valence-electron chi connectivity index (χ2n) is 5.07. The summed E-state index contributed by atoms with van der Waals surface area (Å²) in [6.07, 6.45) is 3.06. The Balaban J connectivity index is 2.59. The fraction of sp³-hybridized carbons (Fsp3) is 0.917. The highest BCUT2D eigenvalue weighted by molar-refractivity contribution is 5.81. The number of hydrogen-bond acceptors (Lipinski definition) is 4. The van der Waals surface area contributed by atoms with Gasteiger partial charge < -0.3 is 20.9 Å². The zero-order valence-electron chi connectivity index (χ0n) is 10.7. The van der Waals surface area contributed by atoms with Crippen molar-refractivity contribution in [2.24, 2.45) is 11.7 Å². The van der Waals surface area contributed by atoms with Gasteiger partial charge in [0.2, 0.25) is 0 Å². The number of carbonyl (C=O) groups is 1. The first-order valence-electron chi connectivity index (χ1n) is 6.22. The quantitative estimate of drug-likeness (QED) is 0.636. The van der Waals surface area contributed by atoms with Gasteiger partial charge in [-0.25, -0.2) is 0 Å². The third-order valence-electron chi connectivity index (χ3n) is 3.71. The standard InChI is InChI=1S/C12H24N2O3/c1-9-3-5-12(8-15,6-4-9)14-11(16)10(7-13)17-2/h9-10,15H,3-8,13H2,1-2H3,(H,14,16). The van der Waals surface area contributed by atoms with Crippen molar-refractivity contribution in [2.75, 3.05) is 20.3 Å². The maximum atomic E-state index is 11.9. The molecule has 0 spiro atoms. The topological polar surface area (TPSA) is 84.6 Å². The summed E-state index contributed by atoms with van der Waals surface area (Å²) >= 11 is 0. The zero-order chi connectivity index (χ0) is 12.9. The maximum absolute atomic E-state index is 11.9. The number of ether oxygens (including phenoxy) is 1. The van der Waals surface area contributed by atoms with Crippen LogP contribution in [0.2, 0.25) is 0 Å². The van der Waals surface area contributed by atoms with Crippen molar-refractivity contribution in [3.8, 4) is 0 Å². The van der Waals surface area contributed by atoms with E-state index in [1.807, 2.05) is 0 Å². The summed E-state index contributed by atoms with van der Waals surface area (Å²) in [4.78, 5) is 11.9. The van der Waals surface area contributed by atoms with E-state index in [2.05, 4.69) is 12.2 Å². The van der Waals surface area contributed by atoms with E-state index in [-0.39, 0.29) is 19.1 Å². The summed E-state index contributed by atoms with van der Waals surface area (Å²) in [5, 5.41) is 12.4. The van der Waals surface area contributed by atoms with Crippen LogP contribution in [0.3, 0.4) is 0 Å². The highest BCUT2D eigenvalue weighted by Gasteiger charge is 2.36. The molecule has 0 aromatic rings. The predicted molar refractivity (Wildman–Crippen MR) is 65.4 cm³/mol. The lowest BCUT2D eigenvalue weighted by Crippen LogP contribution is -2.57. The van der Waals surface area contributed by atoms with Gasteiger partial charge in [-0.3, -0.25) is 4.79 Å². The van der Waals surface area contributed by atoms with Crippen LogP contribution in [0.4, 0.5) is 0 Å². The van der Waals surface area contributed by atoms with E-state index in [0.717, 1.165) is 25.7 Å². The Bertz CT molecular complexity index is 246. The number of nitrogens with two attached hydrogens (primary N) is 1. The molecule has 0 radical (unpaired) electrons. The Hall–Kier alpha value is -0.650. The van der Waals surface area contributed by atoms with E-state index in [1.54, 1.807) is 0 Å². The normalized spacial score (nSPS) is 30.9. The van der Waals surface area contributed by atoms with Crippen molar-refractivity contribution in [1.29, 1.82) is 0 Å². The molecular weight excluding hydrogens is 220 g/mol. The lowest BCUT2D eigenvalue weighted by atomic mass is 9.77. The average molecular weight is 244 g/mol. The number of methoxy groups -OCH3 is 1. The molecule has 1 amide bonds. The second kappa shape index (κ2) is 6.33. The maximum Gasteiger partial charge on any atom is 0.250 e. The Morgan fingerprint density at radius 2 is 2.18 bits per heavy atom. The van der Waals surface area contributed by atoms with Gasteiger partial charge in [0, 0.05) is 13.7 Å². The number of aliphatic hydroxyl groups excluding tert-OH is 1. The summed E-state index contributed by atoms with van der Waals surface area (Å²) in [7, 11) is 1.46. The van der Waals surface area contributed by atoms with Gasteiger partial charge in [-0.1, -0.05) is 6.92 Å². The monoisotopic (exact) mass is 244 g/mol. The summed E-state index contributed by atoms with van der Waals surface area (Å²) in [5.74, 6) is 0.443. The molecule has 4 N–H and O–H groups in total. The summed E-state index contributed by atoms with van der Waals surface area (Å²) in [5.41, 5.74) is 4.97. The van der Waals surface area contributed by atoms with Gasteiger partial charge in [0.15, 0.2) is 0 Å². The fourth-order valence-corrected chi connectivity index (χ4v) is 2.29. The lowest BCUT2D eigenvalue weighted by Gasteiger charge is -2.39. The summed E-state index contributed by atoms with van der Waals surface area (Å²) < 4.78 is 4.99. The molecular formula is C12H24N2O3. The number of amides is 1. The van der Waals surface area contributed by atoms with Gasteiger partial charge in [0.1, 0.15) is 6.10 Å². The van der Waals surface area contributed by atoms with Gasteiger partial charge in [-0.05, 0) is 31.6 Å². The van der Waals surface area contributed by atoms with Crippen molar-refractivity contribution >= 4 is 5.91 Å². The zero-order valence-corrected chi connectivity index (χ0v) is 10.7.